The predicted octanol–water partition coefficient (Wildman–Crippen LogP) is 1.63. The van der Waals surface area contributed by atoms with Crippen molar-refractivity contribution in [1.29, 1.82) is 0 Å². The van der Waals surface area contributed by atoms with Crippen molar-refractivity contribution >= 4 is 5.91 Å². The minimum absolute atomic E-state index is 0.0253. The van der Waals surface area contributed by atoms with Crippen LogP contribution >= 0.6 is 0 Å². The molecule has 0 bridgehead atoms. The number of carbonyl (C=O) groups is 1. The van der Waals surface area contributed by atoms with Crippen molar-refractivity contribution < 1.29 is 9.53 Å². The van der Waals surface area contributed by atoms with Gasteiger partial charge in [-0.05, 0) is 30.6 Å². The summed E-state index contributed by atoms with van der Waals surface area (Å²) < 4.78 is 5.39. The van der Waals surface area contributed by atoms with E-state index in [1.165, 1.54) is 0 Å². The van der Waals surface area contributed by atoms with E-state index < -0.39 is 0 Å². The second kappa shape index (κ2) is 5.41. The lowest BCUT2D eigenvalue weighted by Crippen LogP contribution is -2.53. The number of nitrogens with two attached hydrogens (primary N) is 1. The van der Waals surface area contributed by atoms with Crippen molar-refractivity contribution in [3.63, 3.8) is 0 Å². The van der Waals surface area contributed by atoms with Gasteiger partial charge >= 0.3 is 0 Å². The highest BCUT2D eigenvalue weighted by Crippen LogP contribution is 2.45. The smallest absolute Gasteiger partial charge is 0.226 e. The molecule has 4 unspecified atom stereocenters. The van der Waals surface area contributed by atoms with Crippen molar-refractivity contribution in [2.45, 2.75) is 52.1 Å². The molecule has 1 saturated carbocycles. The van der Waals surface area contributed by atoms with Crippen LogP contribution in [0.25, 0.3) is 0 Å². The molecule has 1 aliphatic carbocycles. The van der Waals surface area contributed by atoms with E-state index in [2.05, 4.69) is 20.8 Å². The zero-order valence-electron chi connectivity index (χ0n) is 12.7. The summed E-state index contributed by atoms with van der Waals surface area (Å²) in [6.07, 6.45) is 2.83. The molecule has 1 heterocycles. The number of hydrogen-bond acceptors (Lipinski definition) is 3. The Kier molecular flexibility index (Phi) is 4.21. The highest BCUT2D eigenvalue weighted by Gasteiger charge is 2.46. The first kappa shape index (κ1) is 14.8. The van der Waals surface area contributed by atoms with E-state index in [9.17, 15) is 4.79 Å². The van der Waals surface area contributed by atoms with Crippen LogP contribution in [0, 0.1) is 17.3 Å². The Labute approximate surface area is 116 Å². The largest absolute Gasteiger partial charge is 0.379 e. The molecule has 2 rings (SSSR count). The van der Waals surface area contributed by atoms with Gasteiger partial charge in [0.15, 0.2) is 0 Å². The first-order chi connectivity index (χ1) is 8.85. The normalized spacial score (nSPS) is 38.2. The van der Waals surface area contributed by atoms with E-state index in [1.807, 2.05) is 11.9 Å². The van der Waals surface area contributed by atoms with Crippen LogP contribution in [-0.2, 0) is 9.53 Å². The van der Waals surface area contributed by atoms with E-state index in [0.717, 1.165) is 25.9 Å². The Hall–Kier alpha value is -0.610. The van der Waals surface area contributed by atoms with Crippen LogP contribution in [0.5, 0.6) is 0 Å². The summed E-state index contributed by atoms with van der Waals surface area (Å²) in [6, 6.07) is 0.480. The van der Waals surface area contributed by atoms with Gasteiger partial charge in [0.25, 0.3) is 0 Å². The van der Waals surface area contributed by atoms with Gasteiger partial charge in [0.1, 0.15) is 0 Å². The first-order valence-corrected chi connectivity index (χ1v) is 7.45. The van der Waals surface area contributed by atoms with Crippen LogP contribution in [0.2, 0.25) is 0 Å². The van der Waals surface area contributed by atoms with Gasteiger partial charge < -0.3 is 15.4 Å². The number of likely N-dealkylation sites (N-methyl/N-ethyl adjacent to an activating group) is 1. The van der Waals surface area contributed by atoms with Crippen molar-refractivity contribution in [3.8, 4) is 0 Å². The summed E-state index contributed by atoms with van der Waals surface area (Å²) in [5.41, 5.74) is 6.14. The Bertz CT molecular complexity index is 337. The molecular formula is C15H28N2O2. The Morgan fingerprint density at radius 1 is 1.32 bits per heavy atom. The summed E-state index contributed by atoms with van der Waals surface area (Å²) in [5, 5.41) is 0. The van der Waals surface area contributed by atoms with E-state index in [-0.39, 0.29) is 29.3 Å². The van der Waals surface area contributed by atoms with Gasteiger partial charge in [0.05, 0.1) is 12.6 Å². The average molecular weight is 268 g/mol. The van der Waals surface area contributed by atoms with Gasteiger partial charge in [0.2, 0.25) is 5.91 Å². The molecule has 2 N–H and O–H groups in total. The SMILES string of the molecule is CC1C(N)CCC(C(=O)N(C)C2CCOC2)C1(C)C. The molecular weight excluding hydrogens is 240 g/mol. The zero-order valence-corrected chi connectivity index (χ0v) is 12.7. The fourth-order valence-corrected chi connectivity index (χ4v) is 3.55. The number of nitrogens with zero attached hydrogens (tertiary/aromatic N) is 1. The molecule has 0 aromatic carbocycles. The molecule has 4 heteroatoms. The van der Waals surface area contributed by atoms with E-state index in [4.69, 9.17) is 10.5 Å². The summed E-state index contributed by atoms with van der Waals surface area (Å²) in [7, 11) is 1.93. The fourth-order valence-electron chi connectivity index (χ4n) is 3.55. The summed E-state index contributed by atoms with van der Waals surface area (Å²) in [4.78, 5) is 14.7. The summed E-state index contributed by atoms with van der Waals surface area (Å²) >= 11 is 0. The van der Waals surface area contributed by atoms with E-state index in [1.54, 1.807) is 0 Å². The molecule has 0 aromatic rings. The zero-order chi connectivity index (χ0) is 14.2. The third-order valence-electron chi connectivity index (χ3n) is 5.60. The quantitative estimate of drug-likeness (QED) is 0.828. The average Bonchev–Trinajstić information content (AvgIpc) is 2.88. The Morgan fingerprint density at radius 3 is 2.58 bits per heavy atom. The van der Waals surface area contributed by atoms with Gasteiger partial charge in [-0.25, -0.2) is 0 Å². The number of rotatable bonds is 2. The third-order valence-corrected chi connectivity index (χ3v) is 5.60. The molecule has 4 nitrogen and oxygen atoms in total. The van der Waals surface area contributed by atoms with Crippen LogP contribution in [0.4, 0.5) is 0 Å². The number of ether oxygens (including phenoxy) is 1. The fraction of sp³-hybridized carbons (Fsp3) is 0.933. The second-order valence-electron chi connectivity index (χ2n) is 6.87. The maximum Gasteiger partial charge on any atom is 0.226 e. The molecule has 1 aliphatic heterocycles. The van der Waals surface area contributed by atoms with Gasteiger partial charge in [0, 0.05) is 25.6 Å². The third kappa shape index (κ3) is 2.65. The highest BCUT2D eigenvalue weighted by molar-refractivity contribution is 5.80. The number of carbonyl (C=O) groups excluding carboxylic acids is 1. The molecule has 1 saturated heterocycles. The van der Waals surface area contributed by atoms with Crippen molar-refractivity contribution in [2.24, 2.45) is 23.0 Å². The van der Waals surface area contributed by atoms with Crippen molar-refractivity contribution in [1.82, 2.24) is 4.90 Å². The van der Waals surface area contributed by atoms with Gasteiger partial charge in [-0.1, -0.05) is 20.8 Å². The minimum Gasteiger partial charge on any atom is -0.379 e. The molecule has 1 amide bonds. The Balaban J connectivity index is 2.09. The number of hydrogen-bond donors (Lipinski definition) is 1. The van der Waals surface area contributed by atoms with Crippen LogP contribution in [0.15, 0.2) is 0 Å². The molecule has 0 aromatic heterocycles. The molecule has 2 aliphatic rings. The lowest BCUT2D eigenvalue weighted by Gasteiger charge is -2.47. The van der Waals surface area contributed by atoms with E-state index in [0.29, 0.717) is 12.5 Å². The molecule has 19 heavy (non-hydrogen) atoms. The maximum absolute atomic E-state index is 12.8. The van der Waals surface area contributed by atoms with Crippen LogP contribution in [-0.4, -0.2) is 43.2 Å². The van der Waals surface area contributed by atoms with Gasteiger partial charge in [-0.15, -0.1) is 0 Å². The van der Waals surface area contributed by atoms with Gasteiger partial charge in [-0.2, -0.15) is 0 Å². The van der Waals surface area contributed by atoms with Crippen LogP contribution in [0.1, 0.15) is 40.0 Å². The molecule has 110 valence electrons. The first-order valence-electron chi connectivity index (χ1n) is 7.45. The lowest BCUT2D eigenvalue weighted by molar-refractivity contribution is -0.144. The van der Waals surface area contributed by atoms with Crippen molar-refractivity contribution in [2.75, 3.05) is 20.3 Å². The topological polar surface area (TPSA) is 55.6 Å². The standard InChI is InChI=1S/C15H28N2O2/c1-10-13(16)6-5-12(15(10,2)3)14(18)17(4)11-7-8-19-9-11/h10-13H,5-9,16H2,1-4H3. The van der Waals surface area contributed by atoms with E-state index >= 15 is 0 Å². The monoisotopic (exact) mass is 268 g/mol. The lowest BCUT2D eigenvalue weighted by atomic mass is 9.60. The van der Waals surface area contributed by atoms with Crippen molar-refractivity contribution in [3.05, 3.63) is 0 Å². The number of amides is 1. The minimum atomic E-state index is -0.0253. The highest BCUT2D eigenvalue weighted by atomic mass is 16.5. The van der Waals surface area contributed by atoms with Crippen LogP contribution < -0.4 is 5.73 Å². The second-order valence-corrected chi connectivity index (χ2v) is 6.87. The van der Waals surface area contributed by atoms with Gasteiger partial charge in [-0.3, -0.25) is 4.79 Å². The Morgan fingerprint density at radius 2 is 2.00 bits per heavy atom. The molecule has 2 fully saturated rings. The van der Waals surface area contributed by atoms with Crippen LogP contribution in [0.3, 0.4) is 0 Å². The maximum atomic E-state index is 12.8. The molecule has 4 atom stereocenters. The summed E-state index contributed by atoms with van der Waals surface area (Å²) in [6.45, 7) is 8.03. The summed E-state index contributed by atoms with van der Waals surface area (Å²) in [5.74, 6) is 0.746. The predicted molar refractivity (Wildman–Crippen MR) is 75.6 cm³/mol. The molecule has 0 spiro atoms. The molecule has 0 radical (unpaired) electrons.